The average molecular weight is 290 g/mol. The van der Waals surface area contributed by atoms with Gasteiger partial charge in [-0.05, 0) is 43.9 Å². The molecule has 2 amide bonds. The first-order chi connectivity index (χ1) is 10.2. The second-order valence-corrected chi connectivity index (χ2v) is 6.81. The highest BCUT2D eigenvalue weighted by molar-refractivity contribution is 5.95. The molecule has 0 bridgehead atoms. The van der Waals surface area contributed by atoms with Crippen molar-refractivity contribution in [1.82, 2.24) is 10.2 Å². The fourth-order valence-electron chi connectivity index (χ4n) is 4.00. The van der Waals surface area contributed by atoms with Crippen molar-refractivity contribution < 1.29 is 9.59 Å². The fourth-order valence-corrected chi connectivity index (χ4v) is 4.00. The zero-order valence-corrected chi connectivity index (χ0v) is 12.7. The van der Waals surface area contributed by atoms with Gasteiger partial charge in [0.25, 0.3) is 0 Å². The third-order valence-corrected chi connectivity index (χ3v) is 5.21. The van der Waals surface area contributed by atoms with Crippen LogP contribution in [0.3, 0.4) is 0 Å². The smallest absolute Gasteiger partial charge is 0.245 e. The van der Waals surface area contributed by atoms with E-state index in [-0.39, 0.29) is 24.4 Å². The van der Waals surface area contributed by atoms with Gasteiger partial charge in [0.2, 0.25) is 11.8 Å². The number of allylic oxidation sites excluding steroid dienone is 2. The minimum atomic E-state index is -0.259. The molecule has 1 saturated heterocycles. The number of carbonyl (C=O) groups is 2. The van der Waals surface area contributed by atoms with E-state index in [9.17, 15) is 9.59 Å². The molecule has 0 aromatic rings. The van der Waals surface area contributed by atoms with E-state index in [1.807, 2.05) is 4.90 Å². The third kappa shape index (κ3) is 3.47. The van der Waals surface area contributed by atoms with Crippen LogP contribution in [0.15, 0.2) is 12.2 Å². The van der Waals surface area contributed by atoms with E-state index in [1.54, 1.807) is 0 Å². The maximum absolute atomic E-state index is 12.7. The standard InChI is InChI=1S/C17H26N2O2/c20-15-12-19(11-13-7-3-1-4-8-13)17(21)16(18-15)14-9-5-2-6-10-14/h1,3,13-14,16H,2,4-12H2,(H,18,20). The maximum Gasteiger partial charge on any atom is 0.245 e. The fraction of sp³-hybridized carbons (Fsp3) is 0.765. The zero-order chi connectivity index (χ0) is 14.7. The van der Waals surface area contributed by atoms with Gasteiger partial charge in [0.15, 0.2) is 0 Å². The molecule has 1 saturated carbocycles. The molecule has 0 aromatic heterocycles. The Hall–Kier alpha value is -1.32. The molecule has 1 aliphatic heterocycles. The quantitative estimate of drug-likeness (QED) is 0.811. The Labute approximate surface area is 127 Å². The van der Waals surface area contributed by atoms with Crippen molar-refractivity contribution in [3.8, 4) is 0 Å². The van der Waals surface area contributed by atoms with E-state index in [1.165, 1.54) is 19.3 Å². The molecule has 0 aromatic carbocycles. The second kappa shape index (κ2) is 6.63. The number of carbonyl (C=O) groups excluding carboxylic acids is 2. The van der Waals surface area contributed by atoms with E-state index in [2.05, 4.69) is 17.5 Å². The number of hydrogen-bond donors (Lipinski definition) is 1. The SMILES string of the molecule is O=C1CN(CC2CC=CCC2)C(=O)C(C2CCCCC2)N1. The van der Waals surface area contributed by atoms with Crippen LogP contribution in [-0.4, -0.2) is 35.8 Å². The molecule has 4 heteroatoms. The van der Waals surface area contributed by atoms with Gasteiger partial charge in [0, 0.05) is 6.54 Å². The Morgan fingerprint density at radius 2 is 1.90 bits per heavy atom. The lowest BCUT2D eigenvalue weighted by atomic mass is 9.82. The number of rotatable bonds is 3. The van der Waals surface area contributed by atoms with Gasteiger partial charge in [-0.25, -0.2) is 0 Å². The first-order valence-corrected chi connectivity index (χ1v) is 8.47. The number of nitrogens with one attached hydrogen (secondary N) is 1. The van der Waals surface area contributed by atoms with Crippen molar-refractivity contribution in [2.24, 2.45) is 11.8 Å². The van der Waals surface area contributed by atoms with Crippen LogP contribution in [0.1, 0.15) is 51.4 Å². The molecule has 2 aliphatic carbocycles. The van der Waals surface area contributed by atoms with Crippen molar-refractivity contribution >= 4 is 11.8 Å². The van der Waals surface area contributed by atoms with Crippen LogP contribution in [-0.2, 0) is 9.59 Å². The van der Waals surface area contributed by atoms with E-state index in [0.717, 1.165) is 38.6 Å². The Bertz CT molecular complexity index is 427. The highest BCUT2D eigenvalue weighted by Crippen LogP contribution is 2.29. The summed E-state index contributed by atoms with van der Waals surface area (Å²) in [5, 5.41) is 2.96. The highest BCUT2D eigenvalue weighted by Gasteiger charge is 2.38. The summed E-state index contributed by atoms with van der Waals surface area (Å²) in [7, 11) is 0. The number of amides is 2. The molecule has 1 N–H and O–H groups in total. The van der Waals surface area contributed by atoms with Crippen LogP contribution in [0.2, 0.25) is 0 Å². The van der Waals surface area contributed by atoms with E-state index in [4.69, 9.17) is 0 Å². The van der Waals surface area contributed by atoms with Crippen molar-refractivity contribution in [2.45, 2.75) is 57.4 Å². The van der Waals surface area contributed by atoms with E-state index in [0.29, 0.717) is 11.8 Å². The molecule has 0 radical (unpaired) electrons. The molecule has 3 aliphatic rings. The van der Waals surface area contributed by atoms with Gasteiger partial charge in [0.1, 0.15) is 6.04 Å². The first kappa shape index (κ1) is 14.6. The summed E-state index contributed by atoms with van der Waals surface area (Å²) in [6.45, 7) is 1.00. The van der Waals surface area contributed by atoms with E-state index < -0.39 is 0 Å². The van der Waals surface area contributed by atoms with Crippen LogP contribution in [0, 0.1) is 11.8 Å². The van der Waals surface area contributed by atoms with Crippen LogP contribution >= 0.6 is 0 Å². The molecule has 0 spiro atoms. The number of hydrogen-bond acceptors (Lipinski definition) is 2. The molecular formula is C17H26N2O2. The predicted molar refractivity (Wildman–Crippen MR) is 81.6 cm³/mol. The summed E-state index contributed by atoms with van der Waals surface area (Å²) < 4.78 is 0. The monoisotopic (exact) mass is 290 g/mol. The summed E-state index contributed by atoms with van der Waals surface area (Å²) in [4.78, 5) is 26.6. The topological polar surface area (TPSA) is 49.4 Å². The van der Waals surface area contributed by atoms with Gasteiger partial charge < -0.3 is 10.2 Å². The summed E-state index contributed by atoms with van der Waals surface area (Å²) in [6, 6.07) is -0.259. The molecule has 1 heterocycles. The van der Waals surface area contributed by atoms with Crippen LogP contribution in [0.25, 0.3) is 0 Å². The number of nitrogens with zero attached hydrogens (tertiary/aromatic N) is 1. The second-order valence-electron chi connectivity index (χ2n) is 6.81. The summed E-state index contributed by atoms with van der Waals surface area (Å²) in [6.07, 6.45) is 13.5. The largest absolute Gasteiger partial charge is 0.342 e. The minimum absolute atomic E-state index is 0.0246. The van der Waals surface area contributed by atoms with Gasteiger partial charge >= 0.3 is 0 Å². The predicted octanol–water partition coefficient (Wildman–Crippen LogP) is 2.25. The molecule has 2 atom stereocenters. The molecule has 3 rings (SSSR count). The van der Waals surface area contributed by atoms with Crippen molar-refractivity contribution in [1.29, 1.82) is 0 Å². The lowest BCUT2D eigenvalue weighted by molar-refractivity contribution is -0.146. The highest BCUT2D eigenvalue weighted by atomic mass is 16.2. The third-order valence-electron chi connectivity index (χ3n) is 5.21. The normalized spacial score (nSPS) is 31.3. The van der Waals surface area contributed by atoms with Crippen LogP contribution in [0.5, 0.6) is 0 Å². The summed E-state index contributed by atoms with van der Waals surface area (Å²) >= 11 is 0. The molecule has 2 fully saturated rings. The first-order valence-electron chi connectivity index (χ1n) is 8.47. The maximum atomic E-state index is 12.7. The lowest BCUT2D eigenvalue weighted by Crippen LogP contribution is -2.61. The Morgan fingerprint density at radius 1 is 1.10 bits per heavy atom. The van der Waals surface area contributed by atoms with Crippen molar-refractivity contribution in [2.75, 3.05) is 13.1 Å². The van der Waals surface area contributed by atoms with Crippen molar-refractivity contribution in [3.05, 3.63) is 12.2 Å². The minimum Gasteiger partial charge on any atom is -0.342 e. The molecule has 116 valence electrons. The molecule has 4 nitrogen and oxygen atoms in total. The van der Waals surface area contributed by atoms with E-state index >= 15 is 0 Å². The van der Waals surface area contributed by atoms with Crippen molar-refractivity contribution in [3.63, 3.8) is 0 Å². The molecular weight excluding hydrogens is 264 g/mol. The van der Waals surface area contributed by atoms with Gasteiger partial charge in [-0.3, -0.25) is 9.59 Å². The molecule has 21 heavy (non-hydrogen) atoms. The summed E-state index contributed by atoms with van der Waals surface area (Å²) in [5.74, 6) is 1.06. The Morgan fingerprint density at radius 3 is 2.62 bits per heavy atom. The average Bonchev–Trinajstić information content (AvgIpc) is 2.52. The van der Waals surface area contributed by atoms with Crippen LogP contribution < -0.4 is 5.32 Å². The summed E-state index contributed by atoms with van der Waals surface area (Å²) in [5.41, 5.74) is 0. The van der Waals surface area contributed by atoms with Gasteiger partial charge in [-0.1, -0.05) is 31.4 Å². The Balaban J connectivity index is 1.64. The van der Waals surface area contributed by atoms with Crippen LogP contribution in [0.4, 0.5) is 0 Å². The number of piperazine rings is 1. The van der Waals surface area contributed by atoms with Gasteiger partial charge in [0.05, 0.1) is 6.54 Å². The zero-order valence-electron chi connectivity index (χ0n) is 12.7. The van der Waals surface area contributed by atoms with Gasteiger partial charge in [-0.15, -0.1) is 0 Å². The molecule has 2 unspecified atom stereocenters. The lowest BCUT2D eigenvalue weighted by Gasteiger charge is -2.39. The van der Waals surface area contributed by atoms with Gasteiger partial charge in [-0.2, -0.15) is 0 Å². The Kier molecular flexibility index (Phi) is 4.61.